The van der Waals surface area contributed by atoms with Gasteiger partial charge in [-0.15, -0.1) is 0 Å². The molecular weight excluding hydrogens is 741 g/mol. The van der Waals surface area contributed by atoms with Gasteiger partial charge in [-0.1, -0.05) is 32.0 Å². The second-order valence-corrected chi connectivity index (χ2v) is 18.2. The molecule has 13 heteroatoms. The number of rotatable bonds is 7. The van der Waals surface area contributed by atoms with Crippen molar-refractivity contribution in [2.45, 2.75) is 106 Å². The molecule has 2 aromatic carbocycles. The number of ether oxygens (including phenoxy) is 4. The van der Waals surface area contributed by atoms with E-state index in [0.717, 1.165) is 33.4 Å². The summed E-state index contributed by atoms with van der Waals surface area (Å²) in [7, 11) is 6.18. The number of H-pyrrole nitrogens is 1. The first-order chi connectivity index (χ1) is 27.7. The van der Waals surface area contributed by atoms with Crippen molar-refractivity contribution < 1.29 is 43.5 Å². The third-order valence-electron chi connectivity index (χ3n) is 15.8. The molecule has 2 bridgehead atoms. The molecule has 3 N–H and O–H groups in total. The molecule has 6 aliphatic rings. The van der Waals surface area contributed by atoms with Crippen LogP contribution in [-0.2, 0) is 45.8 Å². The van der Waals surface area contributed by atoms with Crippen LogP contribution in [-0.4, -0.2) is 133 Å². The molecule has 58 heavy (non-hydrogen) atoms. The summed E-state index contributed by atoms with van der Waals surface area (Å²) in [4.78, 5) is 53.1. The fourth-order valence-corrected chi connectivity index (χ4v) is 13.7. The summed E-state index contributed by atoms with van der Waals surface area (Å²) in [5, 5.41) is 26.3. The lowest BCUT2D eigenvalue weighted by atomic mass is 9.48. The molecule has 13 nitrogen and oxygen atoms in total. The fraction of sp³-hybridized carbons (Fsp3) is 0.622. The monoisotopic (exact) mass is 798 g/mol. The minimum Gasteiger partial charge on any atom is -0.496 e. The number of hydrogen-bond acceptors (Lipinski definition) is 12. The fourth-order valence-electron chi connectivity index (χ4n) is 13.7. The zero-order valence-corrected chi connectivity index (χ0v) is 34.9. The third kappa shape index (κ3) is 4.93. The number of carbonyl (C=O) groups excluding carboxylic acids is 3. The maximum atomic E-state index is 15.3. The normalized spacial score (nSPS) is 37.5. The first-order valence-corrected chi connectivity index (χ1v) is 21.0. The van der Waals surface area contributed by atoms with Crippen molar-refractivity contribution in [3.63, 3.8) is 0 Å². The lowest BCUT2D eigenvalue weighted by molar-refractivity contribution is -0.229. The van der Waals surface area contributed by atoms with Crippen LogP contribution in [0.15, 0.2) is 36.4 Å². The number of aromatic nitrogens is 1. The van der Waals surface area contributed by atoms with Crippen molar-refractivity contribution in [2.75, 3.05) is 66.0 Å². The smallest absolute Gasteiger partial charge is 0.344 e. The highest BCUT2D eigenvalue weighted by atomic mass is 16.6. The third-order valence-corrected chi connectivity index (χ3v) is 15.8. The first kappa shape index (κ1) is 39.3. The maximum Gasteiger partial charge on any atom is 0.344 e. The van der Waals surface area contributed by atoms with E-state index in [1.165, 1.54) is 21.1 Å². The molecule has 3 saturated heterocycles. The number of para-hydroxylation sites is 1. The van der Waals surface area contributed by atoms with E-state index in [0.29, 0.717) is 89.0 Å². The van der Waals surface area contributed by atoms with Gasteiger partial charge in [0.2, 0.25) is 5.60 Å². The van der Waals surface area contributed by atoms with Crippen molar-refractivity contribution in [2.24, 2.45) is 11.3 Å². The highest BCUT2D eigenvalue weighted by Crippen LogP contribution is 2.70. The predicted molar refractivity (Wildman–Crippen MR) is 216 cm³/mol. The van der Waals surface area contributed by atoms with Gasteiger partial charge in [0.1, 0.15) is 11.2 Å². The molecule has 1 unspecified atom stereocenters. The lowest BCUT2D eigenvalue weighted by Crippen LogP contribution is -2.79. The van der Waals surface area contributed by atoms with Gasteiger partial charge in [-0.25, -0.2) is 4.79 Å². The highest BCUT2D eigenvalue weighted by molar-refractivity contribution is 5.95. The van der Waals surface area contributed by atoms with Gasteiger partial charge in [0.05, 0.1) is 33.0 Å². The summed E-state index contributed by atoms with van der Waals surface area (Å²) < 4.78 is 23.9. The second kappa shape index (κ2) is 13.4. The Kier molecular flexibility index (Phi) is 9.09. The second-order valence-electron chi connectivity index (χ2n) is 18.2. The topological polar surface area (TPSA) is 154 Å². The average Bonchev–Trinajstić information content (AvgIpc) is 3.97. The number of methoxy groups -OCH3 is 3. The van der Waals surface area contributed by atoms with E-state index in [9.17, 15) is 19.8 Å². The van der Waals surface area contributed by atoms with Crippen LogP contribution in [0.25, 0.3) is 10.9 Å². The number of aliphatic hydroxyl groups is 2. The highest BCUT2D eigenvalue weighted by Gasteiger charge is 2.81. The van der Waals surface area contributed by atoms with Crippen molar-refractivity contribution in [3.05, 3.63) is 58.8 Å². The summed E-state index contributed by atoms with van der Waals surface area (Å²) in [6.07, 6.45) is 2.71. The molecule has 0 radical (unpaired) electrons. The number of nitrogens with one attached hydrogen (secondary N) is 1. The number of anilines is 1. The van der Waals surface area contributed by atoms with E-state index in [-0.39, 0.29) is 12.0 Å². The zero-order chi connectivity index (χ0) is 41.2. The number of esters is 3. The van der Waals surface area contributed by atoms with Crippen LogP contribution in [0.4, 0.5) is 5.69 Å². The molecule has 1 spiro atoms. The molecule has 1 aliphatic carbocycles. The standard InChI is InChI=1S/C45H58N4O9/c1-8-41(53)22-27-23-44(39(51)56-6,35-29(14-17-48(24-27)25-41)28-12-10-11-13-32(28)46-35)31-20-30-33(21-34(31)55-5)47(4)37-43(30)16-19-49-18-15-42(9-2,36(43)49)38(58-26(3)50)45(37,54)40(52)57-7/h10-13,20-21,27,36-38,46,53-54H,8-9,14-19,22-25H2,1-7H3/t27-,36-,37+,38+,41-,42+,43+,44-,45-/m0/s1. The van der Waals surface area contributed by atoms with Gasteiger partial charge in [-0.05, 0) is 87.2 Å². The number of fused-ring (bicyclic) bond motifs is 6. The van der Waals surface area contributed by atoms with Crippen LogP contribution in [0.5, 0.6) is 5.75 Å². The molecule has 4 fully saturated rings. The molecule has 6 heterocycles. The Morgan fingerprint density at radius 3 is 2.34 bits per heavy atom. The predicted octanol–water partition coefficient (Wildman–Crippen LogP) is 3.82. The van der Waals surface area contributed by atoms with Crippen molar-refractivity contribution in [3.8, 4) is 5.75 Å². The quantitative estimate of drug-likeness (QED) is 0.235. The molecular formula is C45H58N4O9. The van der Waals surface area contributed by atoms with Crippen LogP contribution in [0.3, 0.4) is 0 Å². The molecule has 10 atom stereocenters. The zero-order valence-electron chi connectivity index (χ0n) is 34.9. The van der Waals surface area contributed by atoms with Crippen LogP contribution >= 0.6 is 0 Å². The van der Waals surface area contributed by atoms with Gasteiger partial charge in [0, 0.05) is 84.4 Å². The molecule has 1 saturated carbocycles. The van der Waals surface area contributed by atoms with Gasteiger partial charge < -0.3 is 39.0 Å². The molecule has 312 valence electrons. The number of likely N-dealkylation sites (N-methyl/N-ethyl adjacent to an activating group) is 1. The van der Waals surface area contributed by atoms with Gasteiger partial charge in [-0.2, -0.15) is 0 Å². The first-order valence-electron chi connectivity index (χ1n) is 21.0. The molecule has 5 aliphatic heterocycles. The number of carbonyl (C=O) groups is 3. The Hall–Kier alpha value is -4.17. The Balaban J connectivity index is 1.35. The summed E-state index contributed by atoms with van der Waals surface area (Å²) in [5.74, 6) is -1.47. The minimum atomic E-state index is -2.24. The Morgan fingerprint density at radius 1 is 0.914 bits per heavy atom. The lowest BCUT2D eigenvalue weighted by Gasteiger charge is -2.61. The van der Waals surface area contributed by atoms with Crippen LogP contribution in [0.2, 0.25) is 0 Å². The van der Waals surface area contributed by atoms with E-state index in [4.69, 9.17) is 18.9 Å². The Bertz CT molecular complexity index is 2190. The van der Waals surface area contributed by atoms with Gasteiger partial charge >= 0.3 is 17.9 Å². The van der Waals surface area contributed by atoms with Crippen LogP contribution in [0.1, 0.15) is 81.7 Å². The number of aromatic amines is 1. The van der Waals surface area contributed by atoms with E-state index >= 15 is 4.79 Å². The summed E-state index contributed by atoms with van der Waals surface area (Å²) in [5.41, 5.74) is -1.19. The van der Waals surface area contributed by atoms with E-state index in [1.54, 1.807) is 7.11 Å². The van der Waals surface area contributed by atoms with Gasteiger partial charge in [0.15, 0.2) is 6.10 Å². The molecule has 9 rings (SSSR count). The number of nitrogens with zero attached hydrogens (tertiary/aromatic N) is 3. The average molecular weight is 799 g/mol. The van der Waals surface area contributed by atoms with Crippen molar-refractivity contribution in [1.82, 2.24) is 14.8 Å². The van der Waals surface area contributed by atoms with Crippen LogP contribution in [0, 0.1) is 11.3 Å². The van der Waals surface area contributed by atoms with E-state index in [1.807, 2.05) is 43.1 Å². The molecule has 1 aromatic heterocycles. The Labute approximate surface area is 339 Å². The van der Waals surface area contributed by atoms with Gasteiger partial charge in [0.25, 0.3) is 0 Å². The SMILES string of the molecule is CC[C@]1(O)C[C@@H]2CN(CCc3c([nH]c4ccccc34)[C@@](C(=O)OC)(c3cc4c(cc3OC)N(C)[C@H]3[C@@](O)(C(=O)OC)[C@H](OC(C)=O)[C@]5(CC)CCN6CC[C@]43[C@@H]65)C2)C1. The minimum absolute atomic E-state index is 0.0881. The Morgan fingerprint density at radius 2 is 1.66 bits per heavy atom. The molecule has 0 amide bonds. The number of hydrogen-bond donors (Lipinski definition) is 3. The summed E-state index contributed by atoms with van der Waals surface area (Å²) in [6, 6.07) is 11.1. The number of benzene rings is 2. The van der Waals surface area contributed by atoms with Crippen molar-refractivity contribution >= 4 is 34.5 Å². The summed E-state index contributed by atoms with van der Waals surface area (Å²) in [6.45, 7) is 8.82. The van der Waals surface area contributed by atoms with Gasteiger partial charge in [-0.3, -0.25) is 19.4 Å². The van der Waals surface area contributed by atoms with E-state index in [2.05, 4.69) is 33.8 Å². The van der Waals surface area contributed by atoms with Crippen LogP contribution < -0.4 is 9.64 Å². The van der Waals surface area contributed by atoms with Crippen molar-refractivity contribution in [1.29, 1.82) is 0 Å². The maximum absolute atomic E-state index is 15.3. The summed E-state index contributed by atoms with van der Waals surface area (Å²) >= 11 is 0. The largest absolute Gasteiger partial charge is 0.496 e. The van der Waals surface area contributed by atoms with E-state index < -0.39 is 57.5 Å². The molecule has 3 aromatic rings. The number of piperidine rings is 1.